The van der Waals surface area contributed by atoms with Crippen molar-refractivity contribution in [1.82, 2.24) is 4.90 Å². The molecule has 1 atom stereocenters. The maximum absolute atomic E-state index is 6.25. The Morgan fingerprint density at radius 1 is 1.05 bits per heavy atom. The first-order valence-electron chi connectivity index (χ1n) is 6.92. The Bertz CT molecular complexity index is 528. The Hall–Kier alpha value is -1.51. The van der Waals surface area contributed by atoms with Crippen molar-refractivity contribution >= 4 is 17.3 Å². The zero-order valence-corrected chi connectivity index (χ0v) is 12.8. The third kappa shape index (κ3) is 3.99. The molecular weight excluding hydrogens is 268 g/mol. The molecule has 0 aliphatic heterocycles. The van der Waals surface area contributed by atoms with Crippen LogP contribution in [0.25, 0.3) is 0 Å². The lowest BCUT2D eigenvalue weighted by Crippen LogP contribution is -2.28. The number of hydrogen-bond acceptors (Lipinski definition) is 2. The molecule has 1 unspecified atom stereocenters. The lowest BCUT2D eigenvalue weighted by molar-refractivity contribution is 0.272. The van der Waals surface area contributed by atoms with E-state index in [9.17, 15) is 0 Å². The van der Waals surface area contributed by atoms with Crippen LogP contribution in [0.15, 0.2) is 54.6 Å². The minimum atomic E-state index is 0.307. The smallest absolute Gasteiger partial charge is 0.0453 e. The third-order valence-electron chi connectivity index (χ3n) is 3.58. The van der Waals surface area contributed by atoms with Gasteiger partial charge in [0.05, 0.1) is 0 Å². The quantitative estimate of drug-likeness (QED) is 0.845. The molecule has 0 aliphatic carbocycles. The molecule has 0 saturated carbocycles. The van der Waals surface area contributed by atoms with Crippen LogP contribution in [-0.4, -0.2) is 25.0 Å². The number of benzene rings is 2. The van der Waals surface area contributed by atoms with Crippen LogP contribution < -0.4 is 5.32 Å². The van der Waals surface area contributed by atoms with Crippen molar-refractivity contribution in [2.75, 3.05) is 25.5 Å². The predicted molar refractivity (Wildman–Crippen MR) is 87.4 cm³/mol. The van der Waals surface area contributed by atoms with E-state index in [4.69, 9.17) is 11.6 Å². The van der Waals surface area contributed by atoms with E-state index in [-0.39, 0.29) is 0 Å². The number of likely N-dealkylation sites (N-methyl/N-ethyl adjacent to an activating group) is 1. The number of rotatable bonds is 6. The highest BCUT2D eigenvalue weighted by molar-refractivity contribution is 6.31. The van der Waals surface area contributed by atoms with Crippen LogP contribution in [0.4, 0.5) is 5.69 Å². The molecule has 0 aliphatic rings. The minimum absolute atomic E-state index is 0.307. The van der Waals surface area contributed by atoms with E-state index in [1.807, 2.05) is 36.4 Å². The Labute approximate surface area is 126 Å². The molecule has 0 spiro atoms. The summed E-state index contributed by atoms with van der Waals surface area (Å²) in [5.41, 5.74) is 2.34. The van der Waals surface area contributed by atoms with Gasteiger partial charge in [-0.3, -0.25) is 4.90 Å². The molecule has 1 N–H and O–H groups in total. The molecule has 0 saturated heterocycles. The summed E-state index contributed by atoms with van der Waals surface area (Å²) >= 11 is 6.25. The van der Waals surface area contributed by atoms with E-state index in [1.54, 1.807) is 0 Å². The second-order valence-electron chi connectivity index (χ2n) is 4.97. The van der Waals surface area contributed by atoms with E-state index in [1.165, 1.54) is 5.56 Å². The largest absolute Gasteiger partial charge is 0.384 e. The van der Waals surface area contributed by atoms with E-state index in [0.29, 0.717) is 6.04 Å². The summed E-state index contributed by atoms with van der Waals surface area (Å²) < 4.78 is 0. The van der Waals surface area contributed by atoms with Crippen LogP contribution in [0.1, 0.15) is 18.5 Å². The van der Waals surface area contributed by atoms with Crippen molar-refractivity contribution in [2.24, 2.45) is 0 Å². The van der Waals surface area contributed by atoms with Gasteiger partial charge in [0, 0.05) is 29.8 Å². The molecule has 0 aromatic heterocycles. The van der Waals surface area contributed by atoms with Crippen LogP contribution in [0.5, 0.6) is 0 Å². The van der Waals surface area contributed by atoms with Gasteiger partial charge in [0.15, 0.2) is 0 Å². The molecule has 0 bridgehead atoms. The first kappa shape index (κ1) is 14.9. The molecule has 2 aromatic rings. The third-order valence-corrected chi connectivity index (χ3v) is 3.93. The molecule has 0 fully saturated rings. The summed E-state index contributed by atoms with van der Waals surface area (Å²) in [5, 5.41) is 4.26. The highest BCUT2D eigenvalue weighted by Crippen LogP contribution is 2.25. The lowest BCUT2D eigenvalue weighted by Gasteiger charge is -2.26. The number of hydrogen-bond donors (Lipinski definition) is 1. The van der Waals surface area contributed by atoms with Crippen LogP contribution in [-0.2, 0) is 0 Å². The molecule has 20 heavy (non-hydrogen) atoms. The van der Waals surface area contributed by atoms with Crippen molar-refractivity contribution in [1.29, 1.82) is 0 Å². The van der Waals surface area contributed by atoms with Crippen molar-refractivity contribution < 1.29 is 0 Å². The normalized spacial score (nSPS) is 12.4. The number of anilines is 1. The first-order valence-corrected chi connectivity index (χ1v) is 7.30. The summed E-state index contributed by atoms with van der Waals surface area (Å²) in [6, 6.07) is 18.6. The summed E-state index contributed by atoms with van der Waals surface area (Å²) in [6.45, 7) is 4.06. The summed E-state index contributed by atoms with van der Waals surface area (Å²) in [5.74, 6) is 0. The van der Waals surface area contributed by atoms with Gasteiger partial charge in [0.25, 0.3) is 0 Å². The van der Waals surface area contributed by atoms with Crippen molar-refractivity contribution in [2.45, 2.75) is 13.0 Å². The molecule has 2 rings (SSSR count). The Morgan fingerprint density at radius 2 is 1.70 bits per heavy atom. The maximum atomic E-state index is 6.25. The van der Waals surface area contributed by atoms with Crippen LogP contribution in [0.2, 0.25) is 5.02 Å². The van der Waals surface area contributed by atoms with Gasteiger partial charge >= 0.3 is 0 Å². The number of para-hydroxylation sites is 1. The summed E-state index contributed by atoms with van der Waals surface area (Å²) in [7, 11) is 2.13. The van der Waals surface area contributed by atoms with Gasteiger partial charge < -0.3 is 5.32 Å². The standard InChI is InChI=1S/C17H21ClN2/c1-14(16-10-6-7-11-17(16)18)20(2)13-12-19-15-8-4-3-5-9-15/h3-11,14,19H,12-13H2,1-2H3. The van der Waals surface area contributed by atoms with E-state index in [0.717, 1.165) is 23.8 Å². The number of halogens is 1. The monoisotopic (exact) mass is 288 g/mol. The summed E-state index contributed by atoms with van der Waals surface area (Å²) in [4.78, 5) is 2.30. The molecule has 106 valence electrons. The first-order chi connectivity index (χ1) is 9.68. The van der Waals surface area contributed by atoms with Crippen molar-refractivity contribution in [3.05, 3.63) is 65.2 Å². The highest BCUT2D eigenvalue weighted by atomic mass is 35.5. The van der Waals surface area contributed by atoms with Gasteiger partial charge in [0.2, 0.25) is 0 Å². The fourth-order valence-corrected chi connectivity index (χ4v) is 2.47. The molecule has 2 nitrogen and oxygen atoms in total. The molecule has 3 heteroatoms. The average Bonchev–Trinajstić information content (AvgIpc) is 2.48. The van der Waals surface area contributed by atoms with Crippen LogP contribution >= 0.6 is 11.6 Å². The van der Waals surface area contributed by atoms with Gasteiger partial charge in [-0.1, -0.05) is 48.0 Å². The second-order valence-corrected chi connectivity index (χ2v) is 5.38. The summed E-state index contributed by atoms with van der Waals surface area (Å²) in [6.07, 6.45) is 0. The Balaban J connectivity index is 1.86. The molecule has 0 heterocycles. The SMILES string of the molecule is CC(c1ccccc1Cl)N(C)CCNc1ccccc1. The molecule has 0 amide bonds. The molecular formula is C17H21ClN2. The topological polar surface area (TPSA) is 15.3 Å². The number of nitrogens with zero attached hydrogens (tertiary/aromatic N) is 1. The lowest BCUT2D eigenvalue weighted by atomic mass is 10.1. The van der Waals surface area contributed by atoms with Gasteiger partial charge in [-0.2, -0.15) is 0 Å². The fourth-order valence-electron chi connectivity index (χ4n) is 2.18. The van der Waals surface area contributed by atoms with E-state index < -0.39 is 0 Å². The zero-order valence-electron chi connectivity index (χ0n) is 12.0. The fraction of sp³-hybridized carbons (Fsp3) is 0.294. The van der Waals surface area contributed by atoms with Gasteiger partial charge in [0.1, 0.15) is 0 Å². The zero-order chi connectivity index (χ0) is 14.4. The van der Waals surface area contributed by atoms with Crippen molar-refractivity contribution in [3.8, 4) is 0 Å². The van der Waals surface area contributed by atoms with Gasteiger partial charge in [-0.05, 0) is 37.7 Å². The average molecular weight is 289 g/mol. The van der Waals surface area contributed by atoms with E-state index in [2.05, 4.69) is 42.4 Å². The number of nitrogens with one attached hydrogen (secondary N) is 1. The second kappa shape index (κ2) is 7.32. The predicted octanol–water partition coefficient (Wildman–Crippen LogP) is 4.44. The van der Waals surface area contributed by atoms with Gasteiger partial charge in [-0.15, -0.1) is 0 Å². The van der Waals surface area contributed by atoms with Gasteiger partial charge in [-0.25, -0.2) is 0 Å². The Kier molecular flexibility index (Phi) is 5.45. The Morgan fingerprint density at radius 3 is 2.40 bits per heavy atom. The van der Waals surface area contributed by atoms with E-state index >= 15 is 0 Å². The molecule has 0 radical (unpaired) electrons. The minimum Gasteiger partial charge on any atom is -0.384 e. The van der Waals surface area contributed by atoms with Crippen LogP contribution in [0, 0.1) is 0 Å². The molecule has 2 aromatic carbocycles. The maximum Gasteiger partial charge on any atom is 0.0453 e. The van der Waals surface area contributed by atoms with Crippen molar-refractivity contribution in [3.63, 3.8) is 0 Å². The van der Waals surface area contributed by atoms with Crippen LogP contribution in [0.3, 0.4) is 0 Å². The highest BCUT2D eigenvalue weighted by Gasteiger charge is 2.13.